The Morgan fingerprint density at radius 1 is 1.50 bits per heavy atom. The van der Waals surface area contributed by atoms with Gasteiger partial charge in [-0.1, -0.05) is 30.7 Å². The van der Waals surface area contributed by atoms with E-state index in [4.69, 9.17) is 11.6 Å². The van der Waals surface area contributed by atoms with Gasteiger partial charge in [0.15, 0.2) is 0 Å². The van der Waals surface area contributed by atoms with Crippen LogP contribution in [0.15, 0.2) is 30.9 Å². The van der Waals surface area contributed by atoms with Gasteiger partial charge in [-0.3, -0.25) is 0 Å². The molecule has 0 radical (unpaired) electrons. The summed E-state index contributed by atoms with van der Waals surface area (Å²) in [5, 5.41) is 4.32. The Morgan fingerprint density at radius 2 is 2.25 bits per heavy atom. The average molecular weight is 238 g/mol. The molecule has 1 aromatic carbocycles. The molecule has 88 valence electrons. The maximum Gasteiger partial charge on any atom is 0.0409 e. The van der Waals surface area contributed by atoms with Gasteiger partial charge in [0.05, 0.1) is 0 Å². The molecule has 16 heavy (non-hydrogen) atoms. The Labute approximate surface area is 104 Å². The quantitative estimate of drug-likeness (QED) is 0.729. The molecule has 0 amide bonds. The van der Waals surface area contributed by atoms with Gasteiger partial charge in [-0.2, -0.15) is 0 Å². The maximum absolute atomic E-state index is 6.04. The first kappa shape index (κ1) is 13.3. The smallest absolute Gasteiger partial charge is 0.0409 e. The van der Waals surface area contributed by atoms with Crippen molar-refractivity contribution in [3.8, 4) is 0 Å². The normalized spacial score (nSPS) is 12.4. The third-order valence-electron chi connectivity index (χ3n) is 2.66. The monoisotopic (exact) mass is 237 g/mol. The van der Waals surface area contributed by atoms with E-state index < -0.39 is 0 Å². The van der Waals surface area contributed by atoms with Crippen molar-refractivity contribution in [2.45, 2.75) is 32.7 Å². The second-order valence-corrected chi connectivity index (χ2v) is 4.47. The largest absolute Gasteiger partial charge is 0.310 e. The molecule has 0 saturated heterocycles. The fourth-order valence-corrected chi connectivity index (χ4v) is 1.97. The SMILES string of the molecule is C=CCC(NCCC)c1cc(Cl)ccc1C. The lowest BCUT2D eigenvalue weighted by atomic mass is 9.98. The maximum atomic E-state index is 6.04. The number of hydrogen-bond donors (Lipinski definition) is 1. The number of hydrogen-bond acceptors (Lipinski definition) is 1. The summed E-state index contributed by atoms with van der Waals surface area (Å²) in [6.45, 7) is 9.12. The molecule has 1 nitrogen and oxygen atoms in total. The molecule has 0 aromatic heterocycles. The summed E-state index contributed by atoms with van der Waals surface area (Å²) in [6.07, 6.45) is 4.02. The van der Waals surface area contributed by atoms with Crippen LogP contribution in [0.4, 0.5) is 0 Å². The summed E-state index contributed by atoms with van der Waals surface area (Å²) in [5.74, 6) is 0. The van der Waals surface area contributed by atoms with E-state index >= 15 is 0 Å². The van der Waals surface area contributed by atoms with E-state index in [1.165, 1.54) is 11.1 Å². The third-order valence-corrected chi connectivity index (χ3v) is 2.89. The van der Waals surface area contributed by atoms with Crippen LogP contribution >= 0.6 is 11.6 Å². The summed E-state index contributed by atoms with van der Waals surface area (Å²) in [5.41, 5.74) is 2.56. The molecule has 0 bridgehead atoms. The Balaban J connectivity index is 2.90. The highest BCUT2D eigenvalue weighted by atomic mass is 35.5. The summed E-state index contributed by atoms with van der Waals surface area (Å²) in [4.78, 5) is 0. The Bertz CT molecular complexity index is 347. The fraction of sp³-hybridized carbons (Fsp3) is 0.429. The Morgan fingerprint density at radius 3 is 2.88 bits per heavy atom. The van der Waals surface area contributed by atoms with E-state index in [2.05, 4.69) is 31.8 Å². The van der Waals surface area contributed by atoms with Crippen LogP contribution in [0.5, 0.6) is 0 Å². The summed E-state index contributed by atoms with van der Waals surface area (Å²) < 4.78 is 0. The lowest BCUT2D eigenvalue weighted by Crippen LogP contribution is -2.22. The highest BCUT2D eigenvalue weighted by Gasteiger charge is 2.11. The molecule has 1 atom stereocenters. The molecular formula is C14H20ClN. The van der Waals surface area contributed by atoms with Crippen LogP contribution < -0.4 is 5.32 Å². The summed E-state index contributed by atoms with van der Waals surface area (Å²) in [7, 11) is 0. The summed E-state index contributed by atoms with van der Waals surface area (Å²) in [6, 6.07) is 6.39. The zero-order valence-corrected chi connectivity index (χ0v) is 10.8. The molecule has 1 N–H and O–H groups in total. The highest BCUT2D eigenvalue weighted by molar-refractivity contribution is 6.30. The molecule has 0 spiro atoms. The van der Waals surface area contributed by atoms with E-state index in [1.54, 1.807) is 0 Å². The summed E-state index contributed by atoms with van der Waals surface area (Å²) >= 11 is 6.04. The molecule has 0 saturated carbocycles. The lowest BCUT2D eigenvalue weighted by Gasteiger charge is -2.19. The van der Waals surface area contributed by atoms with Gasteiger partial charge in [-0.05, 0) is 49.6 Å². The molecule has 0 aliphatic heterocycles. The second-order valence-electron chi connectivity index (χ2n) is 4.03. The van der Waals surface area contributed by atoms with Crippen LogP contribution in [0.2, 0.25) is 5.02 Å². The van der Waals surface area contributed by atoms with Crippen LogP contribution in [0.3, 0.4) is 0 Å². The minimum Gasteiger partial charge on any atom is -0.310 e. The molecular weight excluding hydrogens is 218 g/mol. The zero-order chi connectivity index (χ0) is 12.0. The number of halogens is 1. The van der Waals surface area contributed by atoms with Crippen molar-refractivity contribution in [2.75, 3.05) is 6.54 Å². The van der Waals surface area contributed by atoms with Gasteiger partial charge < -0.3 is 5.32 Å². The van der Waals surface area contributed by atoms with Crippen LogP contribution in [0.1, 0.15) is 36.9 Å². The van der Waals surface area contributed by atoms with Gasteiger partial charge in [-0.25, -0.2) is 0 Å². The number of nitrogens with one attached hydrogen (secondary N) is 1. The number of benzene rings is 1. The van der Waals surface area contributed by atoms with E-state index in [9.17, 15) is 0 Å². The molecule has 0 fully saturated rings. The van der Waals surface area contributed by atoms with E-state index in [0.717, 1.165) is 24.4 Å². The molecule has 2 heteroatoms. The van der Waals surface area contributed by atoms with E-state index in [-0.39, 0.29) is 0 Å². The second kappa shape index (κ2) is 6.72. The van der Waals surface area contributed by atoms with Crippen LogP contribution in [-0.2, 0) is 0 Å². The van der Waals surface area contributed by atoms with Gasteiger partial charge >= 0.3 is 0 Å². The molecule has 0 aliphatic rings. The first-order valence-corrected chi connectivity index (χ1v) is 6.17. The predicted molar refractivity (Wildman–Crippen MR) is 72.0 cm³/mol. The van der Waals surface area contributed by atoms with Gasteiger partial charge in [0.1, 0.15) is 0 Å². The van der Waals surface area contributed by atoms with E-state index in [0.29, 0.717) is 6.04 Å². The fourth-order valence-electron chi connectivity index (χ4n) is 1.79. The standard InChI is InChI=1S/C14H20ClN/c1-4-6-14(16-9-5-2)13-10-12(15)8-7-11(13)3/h4,7-8,10,14,16H,1,5-6,9H2,2-3H3. The predicted octanol–water partition coefficient (Wildman–Crippen LogP) is 4.27. The minimum absolute atomic E-state index is 0.330. The molecule has 0 heterocycles. The van der Waals surface area contributed by atoms with Crippen LogP contribution in [0, 0.1) is 6.92 Å². The van der Waals surface area contributed by atoms with Gasteiger partial charge in [-0.15, -0.1) is 6.58 Å². The van der Waals surface area contributed by atoms with E-state index in [1.807, 2.05) is 18.2 Å². The zero-order valence-electron chi connectivity index (χ0n) is 10.1. The third kappa shape index (κ3) is 3.66. The topological polar surface area (TPSA) is 12.0 Å². The Kier molecular flexibility index (Phi) is 5.58. The van der Waals surface area contributed by atoms with Crippen molar-refractivity contribution in [2.24, 2.45) is 0 Å². The van der Waals surface area contributed by atoms with Gasteiger partial charge in [0.2, 0.25) is 0 Å². The van der Waals surface area contributed by atoms with Crippen molar-refractivity contribution in [1.82, 2.24) is 5.32 Å². The van der Waals surface area contributed by atoms with Gasteiger partial charge in [0, 0.05) is 11.1 Å². The first-order chi connectivity index (χ1) is 7.69. The molecule has 1 unspecified atom stereocenters. The lowest BCUT2D eigenvalue weighted by molar-refractivity contribution is 0.535. The van der Waals surface area contributed by atoms with Crippen LogP contribution in [0.25, 0.3) is 0 Å². The van der Waals surface area contributed by atoms with Gasteiger partial charge in [0.25, 0.3) is 0 Å². The molecule has 1 aromatic rings. The number of rotatable bonds is 6. The average Bonchev–Trinajstić information content (AvgIpc) is 2.28. The first-order valence-electron chi connectivity index (χ1n) is 5.79. The van der Waals surface area contributed by atoms with Crippen molar-refractivity contribution in [3.05, 3.63) is 47.0 Å². The molecule has 1 rings (SSSR count). The minimum atomic E-state index is 0.330. The highest BCUT2D eigenvalue weighted by Crippen LogP contribution is 2.24. The van der Waals surface area contributed by atoms with Crippen molar-refractivity contribution >= 4 is 11.6 Å². The van der Waals surface area contributed by atoms with Crippen LogP contribution in [-0.4, -0.2) is 6.54 Å². The van der Waals surface area contributed by atoms with Crippen molar-refractivity contribution < 1.29 is 0 Å². The Hall–Kier alpha value is -0.790. The van der Waals surface area contributed by atoms with Crippen molar-refractivity contribution in [1.29, 1.82) is 0 Å². The molecule has 0 aliphatic carbocycles. The van der Waals surface area contributed by atoms with Crippen molar-refractivity contribution in [3.63, 3.8) is 0 Å². The number of aryl methyl sites for hydroxylation is 1.